The Hall–Kier alpha value is -3.44. The predicted molar refractivity (Wildman–Crippen MR) is 119 cm³/mol. The molecule has 0 aliphatic carbocycles. The van der Waals surface area contributed by atoms with Crippen molar-refractivity contribution in [2.24, 2.45) is 0 Å². The van der Waals surface area contributed by atoms with Gasteiger partial charge in [0.1, 0.15) is 11.2 Å². The topological polar surface area (TPSA) is 118 Å². The van der Waals surface area contributed by atoms with Crippen molar-refractivity contribution >= 4 is 46.2 Å². The van der Waals surface area contributed by atoms with Crippen LogP contribution in [-0.2, 0) is 9.53 Å². The van der Waals surface area contributed by atoms with Gasteiger partial charge in [0.15, 0.2) is 0 Å². The predicted octanol–water partition coefficient (Wildman–Crippen LogP) is 3.05. The molecule has 0 unspecified atom stereocenters. The zero-order chi connectivity index (χ0) is 21.8. The molecule has 0 aliphatic rings. The molecular weight excluding hydrogens is 438 g/mol. The van der Waals surface area contributed by atoms with Crippen molar-refractivity contribution in [2.45, 2.75) is 12.1 Å². The number of thioether (sulfide) groups is 1. The third kappa shape index (κ3) is 4.67. The number of aromatic nitrogens is 4. The van der Waals surface area contributed by atoms with Gasteiger partial charge in [-0.1, -0.05) is 23.9 Å². The molecule has 0 bridgehead atoms. The van der Waals surface area contributed by atoms with E-state index in [1.54, 1.807) is 37.3 Å². The van der Waals surface area contributed by atoms with Crippen molar-refractivity contribution in [3.05, 3.63) is 63.8 Å². The van der Waals surface area contributed by atoms with Crippen LogP contribution >= 0.6 is 23.1 Å². The summed E-state index contributed by atoms with van der Waals surface area (Å²) in [6.45, 7) is 2.00. The molecule has 9 nitrogen and oxygen atoms in total. The van der Waals surface area contributed by atoms with Crippen LogP contribution < -0.4 is 10.9 Å². The second-order valence-corrected chi connectivity index (χ2v) is 8.17. The zero-order valence-electron chi connectivity index (χ0n) is 16.3. The highest BCUT2D eigenvalue weighted by Gasteiger charge is 2.15. The summed E-state index contributed by atoms with van der Waals surface area (Å²) >= 11 is 2.65. The van der Waals surface area contributed by atoms with Crippen LogP contribution in [0.1, 0.15) is 17.3 Å². The van der Waals surface area contributed by atoms with Crippen LogP contribution in [-0.4, -0.2) is 44.0 Å². The van der Waals surface area contributed by atoms with Crippen LogP contribution in [0.15, 0.2) is 57.8 Å². The Morgan fingerprint density at radius 1 is 1.26 bits per heavy atom. The molecule has 0 spiro atoms. The highest BCUT2D eigenvalue weighted by molar-refractivity contribution is 7.99. The van der Waals surface area contributed by atoms with E-state index in [1.165, 1.54) is 15.9 Å². The Morgan fingerprint density at radius 3 is 2.90 bits per heavy atom. The van der Waals surface area contributed by atoms with Crippen molar-refractivity contribution in [1.82, 2.24) is 19.8 Å². The average Bonchev–Trinajstić information content (AvgIpc) is 3.44. The number of thiophene rings is 1. The number of benzene rings is 1. The lowest BCUT2D eigenvalue weighted by Gasteiger charge is -2.07. The van der Waals surface area contributed by atoms with Gasteiger partial charge in [-0.2, -0.15) is 5.10 Å². The molecule has 2 N–H and O–H groups in total. The van der Waals surface area contributed by atoms with Crippen molar-refractivity contribution in [3.8, 4) is 10.6 Å². The Kier molecular flexibility index (Phi) is 6.14. The molecule has 4 rings (SSSR count). The lowest BCUT2D eigenvalue weighted by atomic mass is 10.2. The Morgan fingerprint density at radius 2 is 2.13 bits per heavy atom. The number of anilines is 1. The summed E-state index contributed by atoms with van der Waals surface area (Å²) in [4.78, 5) is 37.3. The van der Waals surface area contributed by atoms with E-state index in [0.29, 0.717) is 27.6 Å². The molecule has 3 aromatic heterocycles. The lowest BCUT2D eigenvalue weighted by molar-refractivity contribution is -0.113. The second-order valence-electron chi connectivity index (χ2n) is 6.28. The van der Waals surface area contributed by atoms with Crippen molar-refractivity contribution < 1.29 is 14.3 Å². The molecule has 1 aromatic carbocycles. The number of hydrogen-bond donors (Lipinski definition) is 2. The summed E-state index contributed by atoms with van der Waals surface area (Å²) in [5.74, 6) is -0.711. The van der Waals surface area contributed by atoms with Gasteiger partial charge >= 0.3 is 5.97 Å². The molecule has 0 radical (unpaired) electrons. The van der Waals surface area contributed by atoms with E-state index in [1.807, 2.05) is 17.5 Å². The van der Waals surface area contributed by atoms with E-state index in [9.17, 15) is 14.4 Å². The largest absolute Gasteiger partial charge is 0.462 e. The fourth-order valence-corrected chi connectivity index (χ4v) is 4.18. The normalized spacial score (nSPS) is 10.9. The molecule has 3 heterocycles. The molecule has 1 amide bonds. The van der Waals surface area contributed by atoms with E-state index in [0.717, 1.165) is 16.6 Å². The number of hydrogen-bond acceptors (Lipinski definition) is 8. The number of nitrogens with one attached hydrogen (secondary N) is 2. The summed E-state index contributed by atoms with van der Waals surface area (Å²) in [5, 5.41) is 16.0. The number of ether oxygens (including phenoxy) is 1. The van der Waals surface area contributed by atoms with Gasteiger partial charge in [0.25, 0.3) is 5.56 Å². The first-order valence-electron chi connectivity index (χ1n) is 9.27. The maximum atomic E-state index is 12.4. The van der Waals surface area contributed by atoms with Gasteiger partial charge < -0.3 is 10.1 Å². The molecule has 11 heteroatoms. The van der Waals surface area contributed by atoms with Crippen LogP contribution in [0.4, 0.5) is 5.69 Å². The van der Waals surface area contributed by atoms with E-state index >= 15 is 0 Å². The minimum Gasteiger partial charge on any atom is -0.462 e. The highest BCUT2D eigenvalue weighted by atomic mass is 32.2. The minimum absolute atomic E-state index is 0.0337. The Bertz CT molecular complexity index is 1300. The number of aromatic amines is 1. The van der Waals surface area contributed by atoms with Crippen LogP contribution in [0.25, 0.3) is 16.1 Å². The van der Waals surface area contributed by atoms with Crippen LogP contribution in [0.5, 0.6) is 0 Å². The smallest absolute Gasteiger partial charge is 0.338 e. The molecule has 31 heavy (non-hydrogen) atoms. The van der Waals surface area contributed by atoms with Gasteiger partial charge in [-0.05, 0) is 42.6 Å². The fourth-order valence-electron chi connectivity index (χ4n) is 2.80. The van der Waals surface area contributed by atoms with E-state index < -0.39 is 5.97 Å². The summed E-state index contributed by atoms with van der Waals surface area (Å²) in [6.07, 6.45) is 0. The first-order chi connectivity index (χ1) is 15.0. The minimum atomic E-state index is -0.451. The second kappa shape index (κ2) is 9.14. The standard InChI is InChI=1S/C20H17N5O4S2/c1-2-29-19(28)12-5-3-6-13(9-12)21-17(26)11-31-20-23-22-18(27)15-10-14(24-25(15)20)16-7-4-8-30-16/h3-10H,2,11H2,1H3,(H,21,26)(H,22,27). The summed E-state index contributed by atoms with van der Waals surface area (Å²) in [7, 11) is 0. The monoisotopic (exact) mass is 455 g/mol. The number of amides is 1. The fraction of sp³-hybridized carbons (Fsp3) is 0.150. The summed E-state index contributed by atoms with van der Waals surface area (Å²) in [6, 6.07) is 12.0. The van der Waals surface area contributed by atoms with Crippen LogP contribution in [0.3, 0.4) is 0 Å². The van der Waals surface area contributed by atoms with Gasteiger partial charge in [-0.15, -0.1) is 16.4 Å². The first-order valence-corrected chi connectivity index (χ1v) is 11.1. The molecule has 0 fully saturated rings. The molecule has 0 atom stereocenters. The maximum Gasteiger partial charge on any atom is 0.338 e. The average molecular weight is 456 g/mol. The number of carbonyl (C=O) groups excluding carboxylic acids is 2. The SMILES string of the molecule is CCOC(=O)c1cccc(NC(=O)CSc2n[nH]c(=O)c3cc(-c4cccs4)nn23)c1. The van der Waals surface area contributed by atoms with E-state index in [-0.39, 0.29) is 23.8 Å². The van der Waals surface area contributed by atoms with Crippen molar-refractivity contribution in [1.29, 1.82) is 0 Å². The number of carbonyl (C=O) groups is 2. The van der Waals surface area contributed by atoms with Crippen LogP contribution in [0, 0.1) is 0 Å². The highest BCUT2D eigenvalue weighted by Crippen LogP contribution is 2.25. The third-order valence-electron chi connectivity index (χ3n) is 4.14. The number of rotatable bonds is 7. The lowest BCUT2D eigenvalue weighted by Crippen LogP contribution is -2.17. The van der Waals surface area contributed by atoms with Gasteiger partial charge in [0.05, 0.1) is 22.8 Å². The van der Waals surface area contributed by atoms with Crippen molar-refractivity contribution in [2.75, 3.05) is 17.7 Å². The number of fused-ring (bicyclic) bond motifs is 1. The quantitative estimate of drug-likeness (QED) is 0.325. The molecule has 4 aromatic rings. The first kappa shape index (κ1) is 20.8. The third-order valence-corrected chi connectivity index (χ3v) is 5.96. The van der Waals surface area contributed by atoms with Gasteiger partial charge in [0.2, 0.25) is 11.1 Å². The number of H-pyrrole nitrogens is 1. The van der Waals surface area contributed by atoms with Gasteiger partial charge in [0, 0.05) is 5.69 Å². The number of esters is 1. The molecular formula is C20H17N5O4S2. The van der Waals surface area contributed by atoms with Crippen molar-refractivity contribution in [3.63, 3.8) is 0 Å². The molecule has 0 saturated carbocycles. The van der Waals surface area contributed by atoms with E-state index in [2.05, 4.69) is 20.6 Å². The van der Waals surface area contributed by atoms with Crippen LogP contribution in [0.2, 0.25) is 0 Å². The molecule has 0 saturated heterocycles. The number of nitrogens with zero attached hydrogens (tertiary/aromatic N) is 3. The summed E-state index contributed by atoms with van der Waals surface area (Å²) in [5.41, 5.74) is 1.49. The molecule has 0 aliphatic heterocycles. The Labute approximate surface area is 184 Å². The maximum absolute atomic E-state index is 12.4. The molecule has 158 valence electrons. The van der Waals surface area contributed by atoms with Gasteiger partial charge in [-0.25, -0.2) is 14.4 Å². The Balaban J connectivity index is 1.47. The van der Waals surface area contributed by atoms with Gasteiger partial charge in [-0.3, -0.25) is 9.59 Å². The zero-order valence-corrected chi connectivity index (χ0v) is 18.0. The summed E-state index contributed by atoms with van der Waals surface area (Å²) < 4.78 is 6.41. The van der Waals surface area contributed by atoms with E-state index in [4.69, 9.17) is 4.74 Å².